The van der Waals surface area contributed by atoms with Crippen molar-refractivity contribution in [3.05, 3.63) is 80.8 Å². The summed E-state index contributed by atoms with van der Waals surface area (Å²) in [5.41, 5.74) is 2.59. The highest BCUT2D eigenvalue weighted by Gasteiger charge is 2.24. The highest BCUT2D eigenvalue weighted by Crippen LogP contribution is 2.25. The average molecular weight is 417 g/mol. The molecule has 0 bridgehead atoms. The summed E-state index contributed by atoms with van der Waals surface area (Å²) in [5.74, 6) is 0. The van der Waals surface area contributed by atoms with Gasteiger partial charge in [-0.05, 0) is 29.8 Å². The van der Waals surface area contributed by atoms with Gasteiger partial charge in [-0.15, -0.1) is 0 Å². The van der Waals surface area contributed by atoms with Gasteiger partial charge in [-0.1, -0.05) is 18.2 Å². The van der Waals surface area contributed by atoms with Gasteiger partial charge in [0.1, 0.15) is 11.8 Å². The summed E-state index contributed by atoms with van der Waals surface area (Å²) < 4.78 is 8.51. The minimum atomic E-state index is -0.391. The highest BCUT2D eigenvalue weighted by molar-refractivity contribution is 5.81. The number of ether oxygens (including phenoxy) is 1. The fraction of sp³-hybridized carbons (Fsp3) is 0.304. The van der Waals surface area contributed by atoms with E-state index < -0.39 is 5.69 Å². The molecule has 1 unspecified atom stereocenters. The molecule has 0 aliphatic carbocycles. The van der Waals surface area contributed by atoms with Gasteiger partial charge in [0.25, 0.3) is 5.56 Å². The normalized spacial score (nSPS) is 17.4. The zero-order chi connectivity index (χ0) is 21.5. The Balaban J connectivity index is 1.44. The zero-order valence-corrected chi connectivity index (χ0v) is 17.5. The fourth-order valence-corrected chi connectivity index (χ4v) is 4.21. The average Bonchev–Trinajstić information content (AvgIpc) is 2.81. The first-order valence-corrected chi connectivity index (χ1v) is 10.3. The minimum Gasteiger partial charge on any atom is -0.369 e. The Morgan fingerprint density at radius 1 is 1.03 bits per heavy atom. The SMILES string of the molecule is Cn1c(=O)c2ccc(C3CN(Cc4ccnc5ccccc45)CCO3)nc2n(C)c1=O. The molecule has 4 heterocycles. The molecule has 5 rings (SSSR count). The van der Waals surface area contributed by atoms with E-state index in [0.717, 1.165) is 34.3 Å². The lowest BCUT2D eigenvalue weighted by Gasteiger charge is -2.33. The van der Waals surface area contributed by atoms with Crippen molar-refractivity contribution in [2.75, 3.05) is 19.7 Å². The molecule has 3 aromatic heterocycles. The van der Waals surface area contributed by atoms with E-state index in [1.807, 2.05) is 30.5 Å². The molecule has 8 nitrogen and oxygen atoms in total. The molecule has 0 amide bonds. The van der Waals surface area contributed by atoms with Crippen LogP contribution in [0, 0.1) is 0 Å². The number of hydrogen-bond acceptors (Lipinski definition) is 6. The topological polar surface area (TPSA) is 82.2 Å². The molecule has 0 N–H and O–H groups in total. The second-order valence-electron chi connectivity index (χ2n) is 7.89. The maximum atomic E-state index is 12.4. The molecule has 0 saturated carbocycles. The number of hydrogen-bond donors (Lipinski definition) is 0. The number of fused-ring (bicyclic) bond motifs is 2. The molecule has 0 spiro atoms. The van der Waals surface area contributed by atoms with Crippen LogP contribution < -0.4 is 11.2 Å². The maximum absolute atomic E-state index is 12.4. The lowest BCUT2D eigenvalue weighted by Crippen LogP contribution is -2.39. The molecule has 8 heteroatoms. The van der Waals surface area contributed by atoms with Crippen molar-refractivity contribution < 1.29 is 4.74 Å². The first-order valence-electron chi connectivity index (χ1n) is 10.3. The third-order valence-electron chi connectivity index (χ3n) is 5.94. The molecule has 1 saturated heterocycles. The van der Waals surface area contributed by atoms with Crippen LogP contribution in [0.4, 0.5) is 0 Å². The smallest absolute Gasteiger partial charge is 0.332 e. The summed E-state index contributed by atoms with van der Waals surface area (Å²) in [6.07, 6.45) is 1.62. The van der Waals surface area contributed by atoms with Crippen LogP contribution in [0.5, 0.6) is 0 Å². The van der Waals surface area contributed by atoms with E-state index in [2.05, 4.69) is 27.0 Å². The van der Waals surface area contributed by atoms with E-state index in [1.165, 1.54) is 17.2 Å². The Hall–Kier alpha value is -3.36. The summed E-state index contributed by atoms with van der Waals surface area (Å²) >= 11 is 0. The number of aryl methyl sites for hydroxylation is 1. The van der Waals surface area contributed by atoms with Gasteiger partial charge in [-0.3, -0.25) is 23.8 Å². The Morgan fingerprint density at radius 3 is 2.74 bits per heavy atom. The Kier molecular flexibility index (Phi) is 4.88. The zero-order valence-electron chi connectivity index (χ0n) is 17.5. The Bertz CT molecular complexity index is 1400. The van der Waals surface area contributed by atoms with Crippen LogP contribution in [-0.4, -0.2) is 43.7 Å². The van der Waals surface area contributed by atoms with Crippen LogP contribution in [0.1, 0.15) is 17.4 Å². The number of benzene rings is 1. The predicted octanol–water partition coefficient (Wildman–Crippen LogP) is 1.75. The van der Waals surface area contributed by atoms with Gasteiger partial charge in [0.2, 0.25) is 0 Å². The maximum Gasteiger partial charge on any atom is 0.332 e. The molecule has 158 valence electrons. The Morgan fingerprint density at radius 2 is 1.87 bits per heavy atom. The summed E-state index contributed by atoms with van der Waals surface area (Å²) in [7, 11) is 3.10. The summed E-state index contributed by atoms with van der Waals surface area (Å²) in [4.78, 5) is 36.1. The van der Waals surface area contributed by atoms with Crippen molar-refractivity contribution >= 4 is 21.9 Å². The number of para-hydroxylation sites is 1. The van der Waals surface area contributed by atoms with Crippen molar-refractivity contribution in [2.24, 2.45) is 14.1 Å². The highest BCUT2D eigenvalue weighted by atomic mass is 16.5. The van der Waals surface area contributed by atoms with Crippen LogP contribution in [-0.2, 0) is 25.4 Å². The van der Waals surface area contributed by atoms with Crippen molar-refractivity contribution in [3.8, 4) is 0 Å². The van der Waals surface area contributed by atoms with Gasteiger partial charge in [0.05, 0.1) is 23.2 Å². The van der Waals surface area contributed by atoms with Gasteiger partial charge >= 0.3 is 5.69 Å². The van der Waals surface area contributed by atoms with Crippen LogP contribution >= 0.6 is 0 Å². The quantitative estimate of drug-likeness (QED) is 0.505. The van der Waals surface area contributed by atoms with E-state index >= 15 is 0 Å². The second kappa shape index (κ2) is 7.72. The predicted molar refractivity (Wildman–Crippen MR) is 118 cm³/mol. The van der Waals surface area contributed by atoms with E-state index in [9.17, 15) is 9.59 Å². The molecule has 0 radical (unpaired) electrons. The number of rotatable bonds is 3. The fourth-order valence-electron chi connectivity index (χ4n) is 4.21. The lowest BCUT2D eigenvalue weighted by atomic mass is 10.1. The van der Waals surface area contributed by atoms with Crippen LogP contribution in [0.15, 0.2) is 58.3 Å². The number of nitrogens with zero attached hydrogens (tertiary/aromatic N) is 5. The number of morpholine rings is 1. The molecule has 1 aliphatic heterocycles. The third-order valence-corrected chi connectivity index (χ3v) is 5.94. The largest absolute Gasteiger partial charge is 0.369 e. The number of aromatic nitrogens is 4. The van der Waals surface area contributed by atoms with Crippen molar-refractivity contribution in [3.63, 3.8) is 0 Å². The molecule has 1 aromatic carbocycles. The Labute approximate surface area is 178 Å². The van der Waals surface area contributed by atoms with E-state index in [4.69, 9.17) is 4.74 Å². The van der Waals surface area contributed by atoms with Crippen LogP contribution in [0.2, 0.25) is 0 Å². The van der Waals surface area contributed by atoms with Crippen LogP contribution in [0.25, 0.3) is 21.9 Å². The summed E-state index contributed by atoms with van der Waals surface area (Å²) in [5, 5.41) is 1.58. The third kappa shape index (κ3) is 3.43. The first-order chi connectivity index (χ1) is 15.0. The first kappa shape index (κ1) is 19.6. The standard InChI is InChI=1S/C23H23N5O3/c1-26-21-17(22(29)27(2)23(26)30)7-8-19(25-21)20-14-28(11-12-31-20)13-15-9-10-24-18-6-4-3-5-16(15)18/h3-10,20H,11-14H2,1-2H3. The molecular formula is C23H23N5O3. The van der Waals surface area contributed by atoms with Gasteiger partial charge in [-0.25, -0.2) is 9.78 Å². The molecule has 4 aromatic rings. The summed E-state index contributed by atoms with van der Waals surface area (Å²) in [6, 6.07) is 13.8. The molecule has 1 atom stereocenters. The van der Waals surface area contributed by atoms with E-state index in [0.29, 0.717) is 24.2 Å². The molecule has 1 fully saturated rings. The van der Waals surface area contributed by atoms with Gasteiger partial charge in [0, 0.05) is 45.3 Å². The van der Waals surface area contributed by atoms with E-state index in [1.54, 1.807) is 13.1 Å². The van der Waals surface area contributed by atoms with Crippen LogP contribution in [0.3, 0.4) is 0 Å². The van der Waals surface area contributed by atoms with Crippen molar-refractivity contribution in [1.82, 2.24) is 24.0 Å². The van der Waals surface area contributed by atoms with Gasteiger partial charge in [0.15, 0.2) is 0 Å². The lowest BCUT2D eigenvalue weighted by molar-refractivity contribution is -0.0347. The van der Waals surface area contributed by atoms with Gasteiger partial charge in [-0.2, -0.15) is 0 Å². The summed E-state index contributed by atoms with van der Waals surface area (Å²) in [6.45, 7) is 2.87. The molecule has 31 heavy (non-hydrogen) atoms. The molecule has 1 aliphatic rings. The number of pyridine rings is 2. The van der Waals surface area contributed by atoms with Crippen molar-refractivity contribution in [1.29, 1.82) is 0 Å². The van der Waals surface area contributed by atoms with E-state index in [-0.39, 0.29) is 11.7 Å². The second-order valence-corrected chi connectivity index (χ2v) is 7.89. The monoisotopic (exact) mass is 417 g/mol. The minimum absolute atomic E-state index is 0.231. The van der Waals surface area contributed by atoms with Gasteiger partial charge < -0.3 is 4.74 Å². The molecular weight excluding hydrogens is 394 g/mol. The van der Waals surface area contributed by atoms with Crippen molar-refractivity contribution in [2.45, 2.75) is 12.6 Å².